The van der Waals surface area contributed by atoms with E-state index in [-0.39, 0.29) is 17.2 Å². The predicted molar refractivity (Wildman–Crippen MR) is 74.6 cm³/mol. The smallest absolute Gasteiger partial charge is 0.280 e. The van der Waals surface area contributed by atoms with E-state index in [2.05, 4.69) is 0 Å². The van der Waals surface area contributed by atoms with E-state index in [0.717, 1.165) is 0 Å². The third-order valence-corrected chi connectivity index (χ3v) is 2.88. The van der Waals surface area contributed by atoms with Crippen LogP contribution in [0.3, 0.4) is 0 Å². The number of rotatable bonds is 3. The number of Topliss-reactive ketones (excluding diaryl/α,β-unsaturated/α-hetero) is 1. The molecule has 0 aliphatic rings. The summed E-state index contributed by atoms with van der Waals surface area (Å²) in [4.78, 5) is 22.6. The fourth-order valence-electron chi connectivity index (χ4n) is 1.82. The van der Waals surface area contributed by atoms with Crippen molar-refractivity contribution in [3.63, 3.8) is 0 Å². The van der Waals surface area contributed by atoms with Crippen molar-refractivity contribution in [3.8, 4) is 11.3 Å². The van der Waals surface area contributed by atoms with E-state index >= 15 is 0 Å². The highest BCUT2D eigenvalue weighted by atomic mass is 16.6. The van der Waals surface area contributed by atoms with Crippen molar-refractivity contribution >= 4 is 11.5 Å². The minimum Gasteiger partial charge on any atom is -0.453 e. The van der Waals surface area contributed by atoms with Crippen LogP contribution in [0.15, 0.2) is 40.8 Å². The van der Waals surface area contributed by atoms with Crippen LogP contribution in [0, 0.1) is 15.5 Å². The van der Waals surface area contributed by atoms with E-state index in [1.807, 2.05) is 0 Å². The first-order chi connectivity index (χ1) is 9.30. The van der Waals surface area contributed by atoms with Gasteiger partial charge in [0, 0.05) is 11.5 Å². The van der Waals surface area contributed by atoms with E-state index < -0.39 is 10.3 Å². The van der Waals surface area contributed by atoms with Crippen LogP contribution < -0.4 is 0 Å². The standard InChI is InChI=1S/C15H15NO4/c1-15(2,3)14(17)13-9-8-12(20-13)10-6-4-5-7-11(10)16(18)19/h4-9H,1-3H3. The maximum atomic E-state index is 12.1. The Hall–Kier alpha value is -2.43. The van der Waals surface area contributed by atoms with Gasteiger partial charge in [-0.3, -0.25) is 14.9 Å². The molecule has 2 rings (SSSR count). The topological polar surface area (TPSA) is 73.3 Å². The summed E-state index contributed by atoms with van der Waals surface area (Å²) in [7, 11) is 0. The maximum Gasteiger partial charge on any atom is 0.280 e. The van der Waals surface area contributed by atoms with Gasteiger partial charge in [0.05, 0.1) is 10.5 Å². The normalized spacial score (nSPS) is 11.3. The summed E-state index contributed by atoms with van der Waals surface area (Å²) in [6, 6.07) is 9.42. The van der Waals surface area contributed by atoms with Crippen molar-refractivity contribution in [2.45, 2.75) is 20.8 Å². The summed E-state index contributed by atoms with van der Waals surface area (Å²) in [5.74, 6) is 0.401. The number of benzene rings is 1. The molecule has 5 heteroatoms. The molecule has 0 saturated carbocycles. The Morgan fingerprint density at radius 3 is 2.40 bits per heavy atom. The van der Waals surface area contributed by atoms with E-state index in [0.29, 0.717) is 11.3 Å². The summed E-state index contributed by atoms with van der Waals surface area (Å²) < 4.78 is 5.49. The average Bonchev–Trinajstić information content (AvgIpc) is 2.86. The van der Waals surface area contributed by atoms with Crippen molar-refractivity contribution in [1.29, 1.82) is 0 Å². The molecule has 104 valence electrons. The molecular formula is C15H15NO4. The molecule has 0 atom stereocenters. The van der Waals surface area contributed by atoms with Crippen molar-refractivity contribution in [2.75, 3.05) is 0 Å². The van der Waals surface area contributed by atoms with Gasteiger partial charge < -0.3 is 4.42 Å². The Kier molecular flexibility index (Phi) is 3.44. The molecule has 0 aliphatic carbocycles. The summed E-state index contributed by atoms with van der Waals surface area (Å²) in [5.41, 5.74) is -0.236. The molecule has 5 nitrogen and oxygen atoms in total. The Labute approximate surface area is 116 Å². The quantitative estimate of drug-likeness (QED) is 0.479. The van der Waals surface area contributed by atoms with Crippen LogP contribution in [0.25, 0.3) is 11.3 Å². The summed E-state index contributed by atoms with van der Waals surface area (Å²) in [6.07, 6.45) is 0. The second-order valence-electron chi connectivity index (χ2n) is 5.52. The first-order valence-electron chi connectivity index (χ1n) is 6.19. The van der Waals surface area contributed by atoms with Gasteiger partial charge in [0.25, 0.3) is 5.69 Å². The molecule has 0 aliphatic heterocycles. The van der Waals surface area contributed by atoms with Gasteiger partial charge in [-0.05, 0) is 18.2 Å². The second-order valence-corrected chi connectivity index (χ2v) is 5.52. The van der Waals surface area contributed by atoms with Crippen LogP contribution >= 0.6 is 0 Å². The number of carbonyl (C=O) groups excluding carboxylic acids is 1. The van der Waals surface area contributed by atoms with Gasteiger partial charge >= 0.3 is 0 Å². The molecule has 0 unspecified atom stereocenters. The Morgan fingerprint density at radius 2 is 1.80 bits per heavy atom. The van der Waals surface area contributed by atoms with Crippen LogP contribution in [0.1, 0.15) is 31.3 Å². The van der Waals surface area contributed by atoms with Crippen LogP contribution in [-0.4, -0.2) is 10.7 Å². The molecule has 0 radical (unpaired) electrons. The highest BCUT2D eigenvalue weighted by Gasteiger charge is 2.27. The van der Waals surface area contributed by atoms with E-state index in [4.69, 9.17) is 4.42 Å². The third kappa shape index (κ3) is 2.61. The second kappa shape index (κ2) is 4.92. The number of hydrogen-bond acceptors (Lipinski definition) is 4. The minimum absolute atomic E-state index is 0.0448. The highest BCUT2D eigenvalue weighted by molar-refractivity contribution is 5.97. The Morgan fingerprint density at radius 1 is 1.15 bits per heavy atom. The Balaban J connectivity index is 2.45. The van der Waals surface area contributed by atoms with Gasteiger partial charge in [-0.1, -0.05) is 32.9 Å². The van der Waals surface area contributed by atoms with Gasteiger partial charge in [0.15, 0.2) is 5.76 Å². The lowest BCUT2D eigenvalue weighted by atomic mass is 9.89. The molecular weight excluding hydrogens is 258 g/mol. The number of nitro benzene ring substituents is 1. The molecule has 1 aromatic heterocycles. The van der Waals surface area contributed by atoms with Crippen molar-refractivity contribution in [3.05, 3.63) is 52.3 Å². The fraction of sp³-hybridized carbons (Fsp3) is 0.267. The van der Waals surface area contributed by atoms with Crippen molar-refractivity contribution in [2.24, 2.45) is 5.41 Å². The molecule has 20 heavy (non-hydrogen) atoms. The summed E-state index contributed by atoms with van der Waals surface area (Å²) >= 11 is 0. The highest BCUT2D eigenvalue weighted by Crippen LogP contribution is 2.32. The zero-order valence-corrected chi connectivity index (χ0v) is 11.5. The zero-order chi connectivity index (χ0) is 14.9. The number of carbonyl (C=O) groups is 1. The van der Waals surface area contributed by atoms with Crippen LogP contribution in [-0.2, 0) is 0 Å². The molecule has 0 spiro atoms. The minimum atomic E-state index is -0.558. The third-order valence-electron chi connectivity index (χ3n) is 2.88. The molecule has 0 saturated heterocycles. The van der Waals surface area contributed by atoms with Crippen molar-refractivity contribution < 1.29 is 14.1 Å². The van der Waals surface area contributed by atoms with Crippen molar-refractivity contribution in [1.82, 2.24) is 0 Å². The predicted octanol–water partition coefficient (Wildman–Crippen LogP) is 4.08. The van der Waals surface area contributed by atoms with Crippen LogP contribution in [0.2, 0.25) is 0 Å². The lowest BCUT2D eigenvalue weighted by molar-refractivity contribution is -0.384. The van der Waals surface area contributed by atoms with Gasteiger partial charge in [-0.2, -0.15) is 0 Å². The van der Waals surface area contributed by atoms with Gasteiger partial charge in [-0.25, -0.2) is 0 Å². The van der Waals surface area contributed by atoms with Gasteiger partial charge in [0.1, 0.15) is 5.76 Å². The largest absolute Gasteiger partial charge is 0.453 e. The number of furan rings is 1. The number of nitro groups is 1. The van der Waals surface area contributed by atoms with Crippen LogP contribution in [0.5, 0.6) is 0 Å². The first kappa shape index (κ1) is 14.0. The number of para-hydroxylation sites is 1. The maximum absolute atomic E-state index is 12.1. The fourth-order valence-corrected chi connectivity index (χ4v) is 1.82. The zero-order valence-electron chi connectivity index (χ0n) is 11.5. The monoisotopic (exact) mass is 273 g/mol. The summed E-state index contributed by atoms with van der Waals surface area (Å²) in [5, 5.41) is 11.0. The van der Waals surface area contributed by atoms with Crippen LogP contribution in [0.4, 0.5) is 5.69 Å². The number of nitrogens with zero attached hydrogens (tertiary/aromatic N) is 1. The Bertz CT molecular complexity index is 665. The molecule has 0 fully saturated rings. The first-order valence-corrected chi connectivity index (χ1v) is 6.19. The van der Waals surface area contributed by atoms with Gasteiger partial charge in [-0.15, -0.1) is 0 Å². The average molecular weight is 273 g/mol. The van der Waals surface area contributed by atoms with E-state index in [1.54, 1.807) is 51.1 Å². The summed E-state index contributed by atoms with van der Waals surface area (Å²) in [6.45, 7) is 5.38. The molecule has 0 bridgehead atoms. The van der Waals surface area contributed by atoms with Gasteiger partial charge in [0.2, 0.25) is 5.78 Å². The lowest BCUT2D eigenvalue weighted by Crippen LogP contribution is -2.19. The van der Waals surface area contributed by atoms with E-state index in [1.165, 1.54) is 6.07 Å². The molecule has 0 N–H and O–H groups in total. The molecule has 1 aromatic carbocycles. The number of hydrogen-bond donors (Lipinski definition) is 0. The molecule has 0 amide bonds. The number of ketones is 1. The SMILES string of the molecule is CC(C)(C)C(=O)c1ccc(-c2ccccc2[N+](=O)[O-])o1. The lowest BCUT2D eigenvalue weighted by Gasteiger charge is -2.13. The molecule has 2 aromatic rings. The van der Waals surface area contributed by atoms with E-state index in [9.17, 15) is 14.9 Å². The molecule has 1 heterocycles.